The van der Waals surface area contributed by atoms with E-state index < -0.39 is 17.7 Å². The van der Waals surface area contributed by atoms with Gasteiger partial charge < -0.3 is 19.6 Å². The van der Waals surface area contributed by atoms with Crippen LogP contribution < -0.4 is 4.74 Å². The molecule has 3 rings (SSSR count). The van der Waals surface area contributed by atoms with Crippen LogP contribution in [0.25, 0.3) is 5.76 Å². The Balaban J connectivity index is 1.97. The number of rotatable bonds is 10. The maximum Gasteiger partial charge on any atom is 0.295 e. The molecule has 1 aliphatic heterocycles. The zero-order chi connectivity index (χ0) is 24.0. The van der Waals surface area contributed by atoms with Crippen molar-refractivity contribution in [2.24, 2.45) is 0 Å². The van der Waals surface area contributed by atoms with Crippen LogP contribution in [0.4, 0.5) is 0 Å². The normalized spacial score (nSPS) is 17.7. The van der Waals surface area contributed by atoms with Crippen LogP contribution in [0.5, 0.6) is 5.75 Å². The zero-order valence-electron chi connectivity index (χ0n) is 19.4. The van der Waals surface area contributed by atoms with Gasteiger partial charge in [0.05, 0.1) is 18.2 Å². The van der Waals surface area contributed by atoms with Crippen LogP contribution in [0.1, 0.15) is 43.4 Å². The third-order valence-electron chi connectivity index (χ3n) is 5.66. The van der Waals surface area contributed by atoms with Gasteiger partial charge in [-0.2, -0.15) is 0 Å². The number of benzene rings is 2. The summed E-state index contributed by atoms with van der Waals surface area (Å²) in [4.78, 5) is 29.5. The Labute approximate surface area is 204 Å². The van der Waals surface area contributed by atoms with E-state index in [4.69, 9.17) is 4.74 Å². The predicted octanol–water partition coefficient (Wildman–Crippen LogP) is 5.00. The first kappa shape index (κ1) is 25.0. The minimum absolute atomic E-state index is 0.109. The van der Waals surface area contributed by atoms with E-state index in [0.717, 1.165) is 35.0 Å². The molecule has 1 N–H and O–H groups in total. The van der Waals surface area contributed by atoms with Crippen molar-refractivity contribution in [3.05, 3.63) is 69.7 Å². The number of Topliss-reactive ketones (excluding diaryl/α,β-unsaturated/α-hetero) is 1. The van der Waals surface area contributed by atoms with Crippen molar-refractivity contribution in [3.8, 4) is 5.75 Å². The van der Waals surface area contributed by atoms with Gasteiger partial charge in [-0.25, -0.2) is 0 Å². The molecule has 0 aromatic heterocycles. The summed E-state index contributed by atoms with van der Waals surface area (Å²) in [5.74, 6) is -0.689. The van der Waals surface area contributed by atoms with E-state index in [1.165, 1.54) is 0 Å². The lowest BCUT2D eigenvalue weighted by atomic mass is 9.95. The fraction of sp³-hybridized carbons (Fsp3) is 0.385. The molecule has 1 amide bonds. The summed E-state index contributed by atoms with van der Waals surface area (Å²) in [5.41, 5.74) is 1.36. The number of hydrogen-bond acceptors (Lipinski definition) is 5. The number of nitrogens with zero attached hydrogens (tertiary/aromatic N) is 2. The molecule has 1 unspecified atom stereocenters. The first-order valence-corrected chi connectivity index (χ1v) is 12.0. The number of carbonyl (C=O) groups is 2. The van der Waals surface area contributed by atoms with Gasteiger partial charge in [-0.15, -0.1) is 0 Å². The minimum atomic E-state index is -0.668. The molecule has 2 aromatic carbocycles. The van der Waals surface area contributed by atoms with Crippen molar-refractivity contribution < 1.29 is 19.4 Å². The lowest BCUT2D eigenvalue weighted by Crippen LogP contribution is -2.35. The number of amides is 1. The average Bonchev–Trinajstić information content (AvgIpc) is 3.05. The van der Waals surface area contributed by atoms with E-state index in [9.17, 15) is 14.7 Å². The van der Waals surface area contributed by atoms with Crippen LogP contribution in [0.2, 0.25) is 0 Å². The lowest BCUT2D eigenvalue weighted by molar-refractivity contribution is -0.140. The quantitative estimate of drug-likeness (QED) is 0.209. The molecule has 1 fully saturated rings. The predicted molar refractivity (Wildman–Crippen MR) is 133 cm³/mol. The largest absolute Gasteiger partial charge is 0.507 e. The minimum Gasteiger partial charge on any atom is -0.507 e. The molecular formula is C26H31BrN2O4. The smallest absolute Gasteiger partial charge is 0.295 e. The lowest BCUT2D eigenvalue weighted by Gasteiger charge is -2.26. The van der Waals surface area contributed by atoms with E-state index in [1.807, 2.05) is 43.3 Å². The number of ether oxygens (including phenoxy) is 1. The summed E-state index contributed by atoms with van der Waals surface area (Å²) < 4.78 is 6.67. The van der Waals surface area contributed by atoms with Crippen molar-refractivity contribution in [2.45, 2.75) is 32.2 Å². The van der Waals surface area contributed by atoms with Gasteiger partial charge in [-0.3, -0.25) is 9.59 Å². The SMILES string of the molecule is CCCCCOc1ccc(C2C(=C(O)c3ccc(Br)cc3)C(=O)C(=O)N2CCN(C)C)cc1. The highest BCUT2D eigenvalue weighted by molar-refractivity contribution is 9.10. The Morgan fingerprint density at radius 2 is 1.73 bits per heavy atom. The van der Waals surface area contributed by atoms with Gasteiger partial charge in [0, 0.05) is 23.1 Å². The van der Waals surface area contributed by atoms with Gasteiger partial charge in [-0.1, -0.05) is 60.0 Å². The number of carbonyl (C=O) groups excluding carboxylic acids is 2. The first-order valence-electron chi connectivity index (χ1n) is 11.2. The Kier molecular flexibility index (Phi) is 8.69. The molecule has 176 valence electrons. The summed E-state index contributed by atoms with van der Waals surface area (Å²) in [6.07, 6.45) is 3.25. The molecule has 0 aliphatic carbocycles. The molecule has 2 aromatic rings. The third-order valence-corrected chi connectivity index (χ3v) is 6.19. The molecule has 0 radical (unpaired) electrons. The van der Waals surface area contributed by atoms with Crippen molar-refractivity contribution >= 4 is 33.4 Å². The topological polar surface area (TPSA) is 70.1 Å². The summed E-state index contributed by atoms with van der Waals surface area (Å²) in [6.45, 7) is 3.77. The highest BCUT2D eigenvalue weighted by atomic mass is 79.9. The molecule has 0 spiro atoms. The van der Waals surface area contributed by atoms with Crippen LogP contribution in [-0.4, -0.2) is 60.4 Å². The molecule has 6 nitrogen and oxygen atoms in total. The zero-order valence-corrected chi connectivity index (χ0v) is 21.0. The highest BCUT2D eigenvalue weighted by Crippen LogP contribution is 2.39. The van der Waals surface area contributed by atoms with E-state index in [1.54, 1.807) is 29.2 Å². The van der Waals surface area contributed by atoms with E-state index >= 15 is 0 Å². The second kappa shape index (κ2) is 11.5. The molecule has 0 saturated carbocycles. The second-order valence-corrected chi connectivity index (χ2v) is 9.34. The fourth-order valence-electron chi connectivity index (χ4n) is 3.82. The number of aliphatic hydroxyl groups excluding tert-OH is 1. The van der Waals surface area contributed by atoms with Gasteiger partial charge >= 0.3 is 0 Å². The number of aliphatic hydroxyl groups is 1. The van der Waals surface area contributed by atoms with E-state index in [0.29, 0.717) is 25.3 Å². The van der Waals surface area contributed by atoms with Gasteiger partial charge in [-0.05, 0) is 50.3 Å². The number of likely N-dealkylation sites (tertiary alicyclic amines) is 1. The maximum atomic E-state index is 13.0. The number of unbranched alkanes of at least 4 members (excludes halogenated alkanes) is 2. The first-order chi connectivity index (χ1) is 15.8. The molecule has 33 heavy (non-hydrogen) atoms. The third kappa shape index (κ3) is 6.03. The van der Waals surface area contributed by atoms with Crippen LogP contribution in [0.15, 0.2) is 58.6 Å². The molecule has 7 heteroatoms. The molecule has 1 atom stereocenters. The van der Waals surface area contributed by atoms with Gasteiger partial charge in [0.2, 0.25) is 0 Å². The van der Waals surface area contributed by atoms with E-state index in [2.05, 4.69) is 22.9 Å². The molecule has 0 bridgehead atoms. The van der Waals surface area contributed by atoms with Crippen molar-refractivity contribution in [2.75, 3.05) is 33.8 Å². The van der Waals surface area contributed by atoms with Crippen LogP contribution in [0.3, 0.4) is 0 Å². The van der Waals surface area contributed by atoms with Crippen molar-refractivity contribution in [1.82, 2.24) is 9.80 Å². The number of hydrogen-bond donors (Lipinski definition) is 1. The molecule has 1 heterocycles. The van der Waals surface area contributed by atoms with Crippen molar-refractivity contribution in [3.63, 3.8) is 0 Å². The summed E-state index contributed by atoms with van der Waals surface area (Å²) in [5, 5.41) is 11.1. The van der Waals surface area contributed by atoms with E-state index in [-0.39, 0.29) is 11.3 Å². The Bertz CT molecular complexity index is 1000. The van der Waals surface area contributed by atoms with Crippen LogP contribution in [-0.2, 0) is 9.59 Å². The number of ketones is 1. The fourth-order valence-corrected chi connectivity index (χ4v) is 4.08. The monoisotopic (exact) mass is 514 g/mol. The second-order valence-electron chi connectivity index (χ2n) is 8.43. The summed E-state index contributed by atoms with van der Waals surface area (Å²) in [6, 6.07) is 13.8. The standard InChI is InChI=1S/C26H31BrN2O4/c1-4-5-6-17-33-21-13-9-18(10-14-21)23-22(24(30)19-7-11-20(27)12-8-19)25(31)26(32)29(23)16-15-28(2)3/h7-14,23,30H,4-6,15-17H2,1-3H3. The van der Waals surface area contributed by atoms with Crippen LogP contribution in [0, 0.1) is 0 Å². The van der Waals surface area contributed by atoms with Gasteiger partial charge in [0.1, 0.15) is 11.5 Å². The Hall–Kier alpha value is -2.64. The number of halogens is 1. The maximum absolute atomic E-state index is 13.0. The van der Waals surface area contributed by atoms with Crippen molar-refractivity contribution in [1.29, 1.82) is 0 Å². The highest BCUT2D eigenvalue weighted by Gasteiger charge is 2.45. The Morgan fingerprint density at radius 1 is 1.06 bits per heavy atom. The molecule has 1 saturated heterocycles. The summed E-state index contributed by atoms with van der Waals surface area (Å²) >= 11 is 3.38. The van der Waals surface area contributed by atoms with Crippen LogP contribution >= 0.6 is 15.9 Å². The van der Waals surface area contributed by atoms with Gasteiger partial charge in [0.25, 0.3) is 11.7 Å². The number of likely N-dealkylation sites (N-methyl/N-ethyl adjacent to an activating group) is 1. The summed E-state index contributed by atoms with van der Waals surface area (Å²) in [7, 11) is 3.83. The molecular weight excluding hydrogens is 484 g/mol. The van der Waals surface area contributed by atoms with Gasteiger partial charge in [0.15, 0.2) is 0 Å². The average molecular weight is 515 g/mol. The molecule has 1 aliphatic rings. The Morgan fingerprint density at radius 3 is 2.33 bits per heavy atom.